The number of hydrogen-bond acceptors (Lipinski definition) is 3. The second-order valence-electron chi connectivity index (χ2n) is 4.56. The predicted molar refractivity (Wildman–Crippen MR) is 85.5 cm³/mol. The van der Waals surface area contributed by atoms with Gasteiger partial charge in [0.25, 0.3) is 0 Å². The van der Waals surface area contributed by atoms with Crippen LogP contribution in [0.5, 0.6) is 5.75 Å². The standard InChI is InChI=1S/C17H17BrO3/c1-2-10-20-16-9-8-14(11-15(16)18)17(19)21-12-13-6-4-3-5-7-13/h3-9,11H,2,10,12H2,1H3. The maximum atomic E-state index is 12.0. The highest BCUT2D eigenvalue weighted by Crippen LogP contribution is 2.26. The van der Waals surface area contributed by atoms with Crippen molar-refractivity contribution < 1.29 is 14.3 Å². The van der Waals surface area contributed by atoms with E-state index in [1.807, 2.05) is 37.3 Å². The van der Waals surface area contributed by atoms with Crippen molar-refractivity contribution in [3.8, 4) is 5.75 Å². The van der Waals surface area contributed by atoms with Crippen molar-refractivity contribution in [1.29, 1.82) is 0 Å². The first-order valence-corrected chi connectivity index (χ1v) is 7.63. The Hall–Kier alpha value is -1.81. The zero-order valence-electron chi connectivity index (χ0n) is 11.8. The average Bonchev–Trinajstić information content (AvgIpc) is 2.52. The van der Waals surface area contributed by atoms with Gasteiger partial charge in [-0.25, -0.2) is 4.79 Å². The van der Waals surface area contributed by atoms with Gasteiger partial charge in [0.05, 0.1) is 16.6 Å². The third-order valence-electron chi connectivity index (χ3n) is 2.84. The molecule has 0 amide bonds. The summed E-state index contributed by atoms with van der Waals surface area (Å²) >= 11 is 3.41. The summed E-state index contributed by atoms with van der Waals surface area (Å²) in [4.78, 5) is 12.0. The Morgan fingerprint density at radius 3 is 2.57 bits per heavy atom. The zero-order valence-corrected chi connectivity index (χ0v) is 13.4. The van der Waals surface area contributed by atoms with Gasteiger partial charge < -0.3 is 9.47 Å². The lowest BCUT2D eigenvalue weighted by atomic mass is 10.2. The highest BCUT2D eigenvalue weighted by atomic mass is 79.9. The summed E-state index contributed by atoms with van der Waals surface area (Å²) in [6.07, 6.45) is 0.938. The van der Waals surface area contributed by atoms with Crippen LogP contribution in [-0.2, 0) is 11.3 Å². The fraction of sp³-hybridized carbons (Fsp3) is 0.235. The minimum atomic E-state index is -0.346. The molecule has 0 fully saturated rings. The van der Waals surface area contributed by atoms with Crippen molar-refractivity contribution in [2.24, 2.45) is 0 Å². The molecule has 0 aliphatic heterocycles. The largest absolute Gasteiger partial charge is 0.492 e. The van der Waals surface area contributed by atoms with Gasteiger partial charge in [-0.05, 0) is 46.1 Å². The maximum absolute atomic E-state index is 12.0. The molecule has 2 aromatic carbocycles. The first-order chi connectivity index (χ1) is 10.2. The van der Waals surface area contributed by atoms with E-state index in [0.29, 0.717) is 12.2 Å². The molecule has 0 saturated heterocycles. The number of halogens is 1. The van der Waals surface area contributed by atoms with Crippen LogP contribution in [0.15, 0.2) is 53.0 Å². The van der Waals surface area contributed by atoms with Gasteiger partial charge in [-0.1, -0.05) is 37.3 Å². The van der Waals surface area contributed by atoms with Crippen molar-refractivity contribution in [2.45, 2.75) is 20.0 Å². The van der Waals surface area contributed by atoms with E-state index < -0.39 is 0 Å². The van der Waals surface area contributed by atoms with E-state index in [-0.39, 0.29) is 12.6 Å². The van der Waals surface area contributed by atoms with Gasteiger partial charge >= 0.3 is 5.97 Å². The number of ether oxygens (including phenoxy) is 2. The number of rotatable bonds is 6. The molecule has 0 radical (unpaired) electrons. The normalized spacial score (nSPS) is 10.2. The fourth-order valence-corrected chi connectivity index (χ4v) is 2.26. The van der Waals surface area contributed by atoms with E-state index in [1.54, 1.807) is 18.2 Å². The molecule has 0 unspecified atom stereocenters. The van der Waals surface area contributed by atoms with Crippen LogP contribution >= 0.6 is 15.9 Å². The number of carbonyl (C=O) groups excluding carboxylic acids is 1. The Bertz CT molecular complexity index is 596. The molecule has 0 heterocycles. The second-order valence-corrected chi connectivity index (χ2v) is 5.41. The third-order valence-corrected chi connectivity index (χ3v) is 3.46. The summed E-state index contributed by atoms with van der Waals surface area (Å²) in [5, 5.41) is 0. The molecule has 0 aliphatic carbocycles. The van der Waals surface area contributed by atoms with Crippen molar-refractivity contribution in [1.82, 2.24) is 0 Å². The van der Waals surface area contributed by atoms with Crippen molar-refractivity contribution in [3.63, 3.8) is 0 Å². The molecular weight excluding hydrogens is 332 g/mol. The molecular formula is C17H17BrO3. The van der Waals surface area contributed by atoms with Crippen LogP contribution in [0.3, 0.4) is 0 Å². The molecule has 0 bridgehead atoms. The number of esters is 1. The maximum Gasteiger partial charge on any atom is 0.338 e. The van der Waals surface area contributed by atoms with Gasteiger partial charge in [0.2, 0.25) is 0 Å². The zero-order chi connectivity index (χ0) is 15.1. The predicted octanol–water partition coefficient (Wildman–Crippen LogP) is 4.59. The van der Waals surface area contributed by atoms with Crippen LogP contribution in [-0.4, -0.2) is 12.6 Å². The van der Waals surface area contributed by atoms with Crippen LogP contribution in [0.2, 0.25) is 0 Å². The van der Waals surface area contributed by atoms with Gasteiger partial charge in [-0.3, -0.25) is 0 Å². The summed E-state index contributed by atoms with van der Waals surface area (Å²) in [5.41, 5.74) is 1.47. The summed E-state index contributed by atoms with van der Waals surface area (Å²) in [6.45, 7) is 2.96. The van der Waals surface area contributed by atoms with Gasteiger partial charge in [-0.15, -0.1) is 0 Å². The molecule has 0 spiro atoms. The first-order valence-electron chi connectivity index (χ1n) is 6.84. The molecule has 0 saturated carbocycles. The van der Waals surface area contributed by atoms with Gasteiger partial charge in [-0.2, -0.15) is 0 Å². The summed E-state index contributed by atoms with van der Waals surface area (Å²) < 4.78 is 11.6. The highest BCUT2D eigenvalue weighted by molar-refractivity contribution is 9.10. The lowest BCUT2D eigenvalue weighted by Crippen LogP contribution is -2.05. The van der Waals surface area contributed by atoms with Crippen molar-refractivity contribution in [2.75, 3.05) is 6.61 Å². The minimum Gasteiger partial charge on any atom is -0.492 e. The molecule has 0 atom stereocenters. The summed E-state index contributed by atoms with van der Waals surface area (Å²) in [7, 11) is 0. The van der Waals surface area contributed by atoms with Crippen LogP contribution in [0, 0.1) is 0 Å². The van der Waals surface area contributed by atoms with Crippen LogP contribution in [0.1, 0.15) is 29.3 Å². The van der Waals surface area contributed by atoms with Gasteiger partial charge in [0.1, 0.15) is 12.4 Å². The van der Waals surface area contributed by atoms with E-state index >= 15 is 0 Å². The van der Waals surface area contributed by atoms with Gasteiger partial charge in [0, 0.05) is 0 Å². The minimum absolute atomic E-state index is 0.269. The molecule has 21 heavy (non-hydrogen) atoms. The van der Waals surface area contributed by atoms with E-state index in [2.05, 4.69) is 15.9 Å². The summed E-state index contributed by atoms with van der Waals surface area (Å²) in [6, 6.07) is 14.8. The van der Waals surface area contributed by atoms with E-state index in [4.69, 9.17) is 9.47 Å². The molecule has 0 aromatic heterocycles. The molecule has 0 N–H and O–H groups in total. The topological polar surface area (TPSA) is 35.5 Å². The summed E-state index contributed by atoms with van der Waals surface area (Å²) in [5.74, 6) is 0.387. The molecule has 3 nitrogen and oxygen atoms in total. The third kappa shape index (κ3) is 4.60. The Kier molecular flexibility index (Phi) is 5.81. The molecule has 0 aliphatic rings. The molecule has 4 heteroatoms. The monoisotopic (exact) mass is 348 g/mol. The quantitative estimate of drug-likeness (QED) is 0.716. The molecule has 2 rings (SSSR count). The van der Waals surface area contributed by atoms with Crippen LogP contribution in [0.4, 0.5) is 0 Å². The Balaban J connectivity index is 1.98. The number of benzene rings is 2. The number of hydrogen-bond donors (Lipinski definition) is 0. The first kappa shape index (κ1) is 15.6. The Morgan fingerprint density at radius 1 is 1.14 bits per heavy atom. The second kappa shape index (κ2) is 7.84. The Labute approximate surface area is 133 Å². The van der Waals surface area contributed by atoms with E-state index in [0.717, 1.165) is 22.2 Å². The smallest absolute Gasteiger partial charge is 0.338 e. The average molecular weight is 349 g/mol. The lowest BCUT2D eigenvalue weighted by molar-refractivity contribution is 0.0472. The number of carbonyl (C=O) groups is 1. The molecule has 110 valence electrons. The lowest BCUT2D eigenvalue weighted by Gasteiger charge is -2.09. The SMILES string of the molecule is CCCOc1ccc(C(=O)OCc2ccccc2)cc1Br. The Morgan fingerprint density at radius 2 is 1.90 bits per heavy atom. The van der Waals surface area contributed by atoms with Gasteiger partial charge in [0.15, 0.2) is 0 Å². The van der Waals surface area contributed by atoms with Crippen LogP contribution < -0.4 is 4.74 Å². The fourth-order valence-electron chi connectivity index (χ4n) is 1.76. The molecule has 2 aromatic rings. The van der Waals surface area contributed by atoms with E-state index in [9.17, 15) is 4.79 Å². The van der Waals surface area contributed by atoms with Crippen molar-refractivity contribution in [3.05, 3.63) is 64.1 Å². The highest BCUT2D eigenvalue weighted by Gasteiger charge is 2.10. The van der Waals surface area contributed by atoms with E-state index in [1.165, 1.54) is 0 Å². The van der Waals surface area contributed by atoms with Crippen molar-refractivity contribution >= 4 is 21.9 Å². The van der Waals surface area contributed by atoms with Crippen LogP contribution in [0.25, 0.3) is 0 Å².